The molecule has 0 aliphatic carbocycles. The molecule has 0 aliphatic heterocycles. The van der Waals surface area contributed by atoms with E-state index in [9.17, 15) is 9.59 Å². The summed E-state index contributed by atoms with van der Waals surface area (Å²) in [6.07, 6.45) is 18.7. The molecular formula is C20H39NO2. The van der Waals surface area contributed by atoms with Crippen molar-refractivity contribution in [3.05, 3.63) is 0 Å². The molecule has 23 heavy (non-hydrogen) atoms. The van der Waals surface area contributed by atoms with Crippen molar-refractivity contribution in [1.29, 1.82) is 0 Å². The molecule has 136 valence electrons. The Bertz CT molecular complexity index is 279. The maximum Gasteiger partial charge on any atom is 0.143 e. The van der Waals surface area contributed by atoms with Crippen LogP contribution in [-0.4, -0.2) is 18.6 Å². The molecule has 0 aliphatic rings. The second kappa shape index (κ2) is 17.7. The number of nitrogens with two attached hydrogens (primary N) is 1. The van der Waals surface area contributed by atoms with Gasteiger partial charge in [-0.05, 0) is 19.4 Å². The highest BCUT2D eigenvalue weighted by atomic mass is 16.1. The van der Waals surface area contributed by atoms with Crippen LogP contribution in [0.1, 0.15) is 103 Å². The molecule has 1 atom stereocenters. The fourth-order valence-electron chi connectivity index (χ4n) is 2.99. The summed E-state index contributed by atoms with van der Waals surface area (Å²) >= 11 is 0. The van der Waals surface area contributed by atoms with E-state index in [1.165, 1.54) is 70.6 Å². The molecule has 3 heteroatoms. The van der Waals surface area contributed by atoms with Gasteiger partial charge in [0.1, 0.15) is 12.1 Å². The van der Waals surface area contributed by atoms with Crippen molar-refractivity contribution in [3.8, 4) is 0 Å². The second-order valence-corrected chi connectivity index (χ2v) is 6.78. The Morgan fingerprint density at radius 2 is 1.26 bits per heavy atom. The zero-order chi connectivity index (χ0) is 17.2. The van der Waals surface area contributed by atoms with Crippen molar-refractivity contribution >= 4 is 12.1 Å². The Kier molecular flexibility index (Phi) is 17.1. The van der Waals surface area contributed by atoms with Crippen LogP contribution in [0.3, 0.4) is 0 Å². The SMILES string of the molecule is CCCCCCCCCCCCCCCC(=O)C(C=O)CCN. The summed E-state index contributed by atoms with van der Waals surface area (Å²) in [6.45, 7) is 2.67. The monoisotopic (exact) mass is 325 g/mol. The molecule has 0 radical (unpaired) electrons. The van der Waals surface area contributed by atoms with Crippen molar-refractivity contribution in [3.63, 3.8) is 0 Å². The van der Waals surface area contributed by atoms with E-state index in [1.807, 2.05) is 0 Å². The second-order valence-electron chi connectivity index (χ2n) is 6.78. The maximum atomic E-state index is 11.8. The summed E-state index contributed by atoms with van der Waals surface area (Å²) in [5, 5.41) is 0. The Hall–Kier alpha value is -0.700. The van der Waals surface area contributed by atoms with Crippen molar-refractivity contribution in [2.45, 2.75) is 103 Å². The van der Waals surface area contributed by atoms with Gasteiger partial charge < -0.3 is 10.5 Å². The molecule has 0 saturated heterocycles. The lowest BCUT2D eigenvalue weighted by atomic mass is 9.97. The third-order valence-corrected chi connectivity index (χ3v) is 4.58. The van der Waals surface area contributed by atoms with E-state index < -0.39 is 5.92 Å². The molecule has 0 bridgehead atoms. The number of carbonyl (C=O) groups excluding carboxylic acids is 2. The highest BCUT2D eigenvalue weighted by Crippen LogP contribution is 2.14. The van der Waals surface area contributed by atoms with Crippen LogP contribution >= 0.6 is 0 Å². The van der Waals surface area contributed by atoms with Gasteiger partial charge in [-0.25, -0.2) is 0 Å². The number of hydrogen-bond acceptors (Lipinski definition) is 3. The fourth-order valence-corrected chi connectivity index (χ4v) is 2.99. The van der Waals surface area contributed by atoms with Gasteiger partial charge in [0, 0.05) is 6.42 Å². The number of ketones is 1. The van der Waals surface area contributed by atoms with Gasteiger partial charge in [0.25, 0.3) is 0 Å². The minimum Gasteiger partial charge on any atom is -0.330 e. The first-order valence-corrected chi connectivity index (χ1v) is 9.94. The number of carbonyl (C=O) groups is 2. The van der Waals surface area contributed by atoms with Crippen molar-refractivity contribution in [2.75, 3.05) is 6.54 Å². The Morgan fingerprint density at radius 1 is 0.826 bits per heavy atom. The highest BCUT2D eigenvalue weighted by Gasteiger charge is 2.15. The zero-order valence-corrected chi connectivity index (χ0v) is 15.4. The molecule has 0 amide bonds. The Morgan fingerprint density at radius 3 is 1.65 bits per heavy atom. The van der Waals surface area contributed by atoms with Crippen LogP contribution in [0.25, 0.3) is 0 Å². The van der Waals surface area contributed by atoms with Crippen LogP contribution in [0.5, 0.6) is 0 Å². The largest absolute Gasteiger partial charge is 0.330 e. The topological polar surface area (TPSA) is 60.2 Å². The van der Waals surface area contributed by atoms with Crippen LogP contribution in [0.2, 0.25) is 0 Å². The van der Waals surface area contributed by atoms with Crippen molar-refractivity contribution < 1.29 is 9.59 Å². The van der Waals surface area contributed by atoms with E-state index in [0.29, 0.717) is 19.4 Å². The maximum absolute atomic E-state index is 11.8. The highest BCUT2D eigenvalue weighted by molar-refractivity contribution is 5.93. The van der Waals surface area contributed by atoms with Crippen LogP contribution in [0.15, 0.2) is 0 Å². The van der Waals surface area contributed by atoms with Crippen LogP contribution in [0, 0.1) is 5.92 Å². The zero-order valence-electron chi connectivity index (χ0n) is 15.4. The van der Waals surface area contributed by atoms with E-state index in [-0.39, 0.29) is 5.78 Å². The molecule has 0 heterocycles. The molecule has 1 unspecified atom stereocenters. The van der Waals surface area contributed by atoms with Crippen LogP contribution in [0.4, 0.5) is 0 Å². The predicted molar refractivity (Wildman–Crippen MR) is 98.5 cm³/mol. The van der Waals surface area contributed by atoms with E-state index in [1.54, 1.807) is 0 Å². The summed E-state index contributed by atoms with van der Waals surface area (Å²) in [6, 6.07) is 0. The van der Waals surface area contributed by atoms with Crippen LogP contribution in [-0.2, 0) is 9.59 Å². The Balaban J connectivity index is 3.27. The molecule has 0 spiro atoms. The Labute approximate surface area is 143 Å². The number of hydrogen-bond donors (Lipinski definition) is 1. The summed E-state index contributed by atoms with van der Waals surface area (Å²) in [4.78, 5) is 22.6. The lowest BCUT2D eigenvalue weighted by Crippen LogP contribution is -2.19. The standard InChI is InChI=1S/C20H39NO2/c1-2-3-4-5-6-7-8-9-10-11-12-13-14-15-20(23)19(18-22)16-17-21/h18-19H,2-17,21H2,1H3. The fraction of sp³-hybridized carbons (Fsp3) is 0.900. The molecule has 2 N–H and O–H groups in total. The van der Waals surface area contributed by atoms with Gasteiger partial charge >= 0.3 is 0 Å². The first kappa shape index (κ1) is 22.3. The van der Waals surface area contributed by atoms with Gasteiger partial charge in [-0.15, -0.1) is 0 Å². The minimum absolute atomic E-state index is 0.0773. The van der Waals surface area contributed by atoms with E-state index in [4.69, 9.17) is 5.73 Å². The number of unbranched alkanes of at least 4 members (excludes halogenated alkanes) is 12. The van der Waals surface area contributed by atoms with Gasteiger partial charge in [0.05, 0.1) is 5.92 Å². The third-order valence-electron chi connectivity index (χ3n) is 4.58. The predicted octanol–water partition coefficient (Wildman–Crippen LogP) is 5.20. The molecule has 0 rings (SSSR count). The van der Waals surface area contributed by atoms with Crippen molar-refractivity contribution in [1.82, 2.24) is 0 Å². The van der Waals surface area contributed by atoms with Gasteiger partial charge in [0.15, 0.2) is 0 Å². The smallest absolute Gasteiger partial charge is 0.143 e. The lowest BCUT2D eigenvalue weighted by molar-refractivity contribution is -0.127. The van der Waals surface area contributed by atoms with Crippen molar-refractivity contribution in [2.24, 2.45) is 11.7 Å². The van der Waals surface area contributed by atoms with Crippen LogP contribution < -0.4 is 5.73 Å². The number of rotatable bonds is 18. The molecule has 0 saturated carbocycles. The quantitative estimate of drug-likeness (QED) is 0.214. The molecule has 0 aromatic carbocycles. The molecule has 0 aromatic heterocycles. The molecular weight excluding hydrogens is 286 g/mol. The van der Waals surface area contributed by atoms with E-state index >= 15 is 0 Å². The summed E-state index contributed by atoms with van der Waals surface area (Å²) in [7, 11) is 0. The number of aldehydes is 1. The normalized spacial score (nSPS) is 12.3. The van der Waals surface area contributed by atoms with Gasteiger partial charge in [-0.2, -0.15) is 0 Å². The summed E-state index contributed by atoms with van der Waals surface area (Å²) < 4.78 is 0. The molecule has 0 aromatic rings. The van der Waals surface area contributed by atoms with Gasteiger partial charge in [-0.1, -0.05) is 84.0 Å². The minimum atomic E-state index is -0.461. The third kappa shape index (κ3) is 14.6. The average Bonchev–Trinajstić information content (AvgIpc) is 2.56. The van der Waals surface area contributed by atoms with Gasteiger partial charge in [-0.3, -0.25) is 4.79 Å². The van der Waals surface area contributed by atoms with E-state index in [0.717, 1.165) is 19.1 Å². The summed E-state index contributed by atoms with van der Waals surface area (Å²) in [5.41, 5.74) is 5.41. The summed E-state index contributed by atoms with van der Waals surface area (Å²) in [5.74, 6) is -0.383. The number of Topliss-reactive ketones (excluding diaryl/α,β-unsaturated/α-hetero) is 1. The molecule has 0 fully saturated rings. The first-order chi connectivity index (χ1) is 11.3. The van der Waals surface area contributed by atoms with Gasteiger partial charge in [0.2, 0.25) is 0 Å². The lowest BCUT2D eigenvalue weighted by Gasteiger charge is -2.07. The molecule has 3 nitrogen and oxygen atoms in total. The average molecular weight is 326 g/mol. The first-order valence-electron chi connectivity index (χ1n) is 9.94. The van der Waals surface area contributed by atoms with E-state index in [2.05, 4.69) is 6.92 Å².